The van der Waals surface area contributed by atoms with Crippen LogP contribution < -0.4 is 20.1 Å². The molecule has 1 aliphatic heterocycles. The topological polar surface area (TPSA) is 116 Å². The minimum Gasteiger partial charge on any atom is -0.476 e. The van der Waals surface area contributed by atoms with Crippen LogP contribution in [0, 0.1) is 5.41 Å². The van der Waals surface area contributed by atoms with Gasteiger partial charge in [-0.3, -0.25) is 10.1 Å². The first-order valence-electron chi connectivity index (χ1n) is 16.2. The number of unbranched alkanes of at least 4 members (excludes halogenated alkanes) is 3. The fraction of sp³-hybridized carbons (Fsp3) is 0.471. The van der Waals surface area contributed by atoms with Gasteiger partial charge in [-0.25, -0.2) is 14.6 Å². The Morgan fingerprint density at radius 1 is 1.04 bits per heavy atom. The van der Waals surface area contributed by atoms with Crippen LogP contribution >= 0.6 is 11.9 Å². The summed E-state index contributed by atoms with van der Waals surface area (Å²) in [4.78, 5) is 16.2. The molecule has 0 spiro atoms. The minimum atomic E-state index is -4.40. The van der Waals surface area contributed by atoms with E-state index in [1.165, 1.54) is 10.7 Å². The van der Waals surface area contributed by atoms with Gasteiger partial charge in [-0.05, 0) is 62.8 Å². The summed E-state index contributed by atoms with van der Waals surface area (Å²) in [7, 11) is 0. The molecule has 5 rings (SSSR count). The summed E-state index contributed by atoms with van der Waals surface area (Å²) in [5, 5.41) is 14.5. The molecule has 258 valence electrons. The van der Waals surface area contributed by atoms with E-state index in [1.807, 2.05) is 36.4 Å². The van der Waals surface area contributed by atoms with Crippen molar-refractivity contribution in [2.75, 3.05) is 44.4 Å². The van der Waals surface area contributed by atoms with E-state index in [0.717, 1.165) is 106 Å². The molecule has 1 fully saturated rings. The van der Waals surface area contributed by atoms with E-state index < -0.39 is 18.2 Å². The SMILES string of the molecule is CC(C)(COc1ccn(-c2nccnc2-c2ccccc2CCCCCCN(CC2COCCN2)c2cccc(SN)n2)n1)C(F)(F)F. The lowest BCUT2D eigenvalue weighted by atomic mass is 9.94. The van der Waals surface area contributed by atoms with Crippen molar-refractivity contribution in [1.82, 2.24) is 30.0 Å². The van der Waals surface area contributed by atoms with Gasteiger partial charge >= 0.3 is 6.18 Å². The second-order valence-electron chi connectivity index (χ2n) is 12.4. The van der Waals surface area contributed by atoms with Gasteiger partial charge in [0.05, 0.1) is 18.6 Å². The van der Waals surface area contributed by atoms with E-state index >= 15 is 0 Å². The standard InChI is InChI=1S/C34H43F3N8O2S/c1-33(2,34(35,36)37)24-47-29-15-20-45(43-29)32-31(40-16-17-41-32)27-12-7-6-11-25(27)10-5-3-4-8-19-44(22-26-23-46-21-18-39-26)28-13-9-14-30(42-28)48-38/h6-7,9,11-17,20,26,39H,3-5,8,10,18-19,21-24,38H2,1-2H3. The predicted molar refractivity (Wildman–Crippen MR) is 181 cm³/mol. The third-order valence-electron chi connectivity index (χ3n) is 8.30. The van der Waals surface area contributed by atoms with E-state index in [9.17, 15) is 13.2 Å². The van der Waals surface area contributed by atoms with Gasteiger partial charge in [-0.15, -0.1) is 5.10 Å². The number of alkyl halides is 3. The summed E-state index contributed by atoms with van der Waals surface area (Å²) >= 11 is 1.15. The smallest absolute Gasteiger partial charge is 0.397 e. The molecule has 1 aliphatic rings. The molecule has 0 saturated carbocycles. The zero-order chi connectivity index (χ0) is 34.0. The average molecular weight is 685 g/mol. The van der Waals surface area contributed by atoms with Crippen molar-refractivity contribution in [3.8, 4) is 23.0 Å². The first-order chi connectivity index (χ1) is 23.1. The highest BCUT2D eigenvalue weighted by atomic mass is 32.2. The molecule has 14 heteroatoms. The maximum Gasteiger partial charge on any atom is 0.397 e. The largest absolute Gasteiger partial charge is 0.476 e. The number of rotatable bonds is 16. The fourth-order valence-electron chi connectivity index (χ4n) is 5.42. The van der Waals surface area contributed by atoms with Crippen molar-refractivity contribution in [2.24, 2.45) is 10.6 Å². The molecular formula is C34H43F3N8O2S. The third kappa shape index (κ3) is 9.46. The number of ether oxygens (including phenoxy) is 2. The Balaban J connectivity index is 1.18. The van der Waals surface area contributed by atoms with Crippen molar-refractivity contribution >= 4 is 17.8 Å². The Morgan fingerprint density at radius 2 is 1.85 bits per heavy atom. The van der Waals surface area contributed by atoms with E-state index in [4.69, 9.17) is 19.6 Å². The molecule has 3 aromatic heterocycles. The van der Waals surface area contributed by atoms with Crippen LogP contribution in [0.1, 0.15) is 45.1 Å². The number of nitrogens with one attached hydrogen (secondary N) is 1. The van der Waals surface area contributed by atoms with E-state index in [2.05, 4.69) is 31.3 Å². The predicted octanol–water partition coefficient (Wildman–Crippen LogP) is 6.26. The number of hydrogen-bond donors (Lipinski definition) is 2. The number of aryl methyl sites for hydroxylation is 1. The summed E-state index contributed by atoms with van der Waals surface area (Å²) in [6.45, 7) is 5.62. The van der Waals surface area contributed by atoms with Crippen LogP contribution in [0.5, 0.6) is 5.88 Å². The Labute approximate surface area is 283 Å². The molecule has 4 aromatic rings. The Hall–Kier alpha value is -3.72. The number of anilines is 1. The lowest BCUT2D eigenvalue weighted by Crippen LogP contribution is -2.49. The summed E-state index contributed by atoms with van der Waals surface area (Å²) in [6.07, 6.45) is 5.41. The summed E-state index contributed by atoms with van der Waals surface area (Å²) in [6, 6.07) is 15.8. The number of pyridine rings is 1. The number of halogens is 3. The van der Waals surface area contributed by atoms with Gasteiger partial charge in [0.2, 0.25) is 5.88 Å². The van der Waals surface area contributed by atoms with E-state index in [0.29, 0.717) is 18.1 Å². The summed E-state index contributed by atoms with van der Waals surface area (Å²) < 4.78 is 52.5. The van der Waals surface area contributed by atoms with Gasteiger partial charge < -0.3 is 19.7 Å². The van der Waals surface area contributed by atoms with E-state index in [1.54, 1.807) is 18.6 Å². The number of aromatic nitrogens is 5. The second kappa shape index (κ2) is 16.6. The second-order valence-corrected chi connectivity index (χ2v) is 13.1. The fourth-order valence-corrected chi connectivity index (χ4v) is 5.72. The number of hydrogen-bond acceptors (Lipinski definition) is 10. The van der Waals surface area contributed by atoms with Crippen molar-refractivity contribution in [2.45, 2.75) is 63.2 Å². The number of nitrogens with two attached hydrogens (primary N) is 1. The molecule has 0 radical (unpaired) electrons. The first kappa shape index (κ1) is 35.6. The lowest BCUT2D eigenvalue weighted by molar-refractivity contribution is -0.219. The number of morpholine rings is 1. The van der Waals surface area contributed by atoms with Crippen LogP contribution in [0.15, 0.2) is 72.1 Å². The van der Waals surface area contributed by atoms with Gasteiger partial charge in [0.15, 0.2) is 5.82 Å². The number of nitrogens with zero attached hydrogens (tertiary/aromatic N) is 6. The highest BCUT2D eigenvalue weighted by Crippen LogP contribution is 2.37. The molecule has 0 bridgehead atoms. The Morgan fingerprint density at radius 3 is 2.65 bits per heavy atom. The van der Waals surface area contributed by atoms with Crippen molar-refractivity contribution in [3.05, 3.63) is 72.7 Å². The average Bonchev–Trinajstić information content (AvgIpc) is 3.58. The first-order valence-corrected chi connectivity index (χ1v) is 17.1. The van der Waals surface area contributed by atoms with Crippen molar-refractivity contribution < 1.29 is 22.6 Å². The van der Waals surface area contributed by atoms with Crippen LogP contribution in [0.25, 0.3) is 17.1 Å². The zero-order valence-corrected chi connectivity index (χ0v) is 28.1. The van der Waals surface area contributed by atoms with Gasteiger partial charge in [-0.1, -0.05) is 43.2 Å². The van der Waals surface area contributed by atoms with Crippen LogP contribution in [-0.2, 0) is 11.2 Å². The highest BCUT2D eigenvalue weighted by molar-refractivity contribution is 7.97. The van der Waals surface area contributed by atoms with Gasteiger partial charge in [0.25, 0.3) is 0 Å². The van der Waals surface area contributed by atoms with Crippen LogP contribution in [0.3, 0.4) is 0 Å². The molecule has 0 aliphatic carbocycles. The summed E-state index contributed by atoms with van der Waals surface area (Å²) in [5.74, 6) is 1.48. The van der Waals surface area contributed by atoms with Crippen molar-refractivity contribution in [3.63, 3.8) is 0 Å². The molecule has 1 unspecified atom stereocenters. The Kier molecular flexibility index (Phi) is 12.3. The molecule has 1 atom stereocenters. The van der Waals surface area contributed by atoms with Crippen LogP contribution in [-0.4, -0.2) is 76.4 Å². The molecule has 3 N–H and O–H groups in total. The molecule has 10 nitrogen and oxygen atoms in total. The van der Waals surface area contributed by atoms with Gasteiger partial charge in [0, 0.05) is 55.9 Å². The summed E-state index contributed by atoms with van der Waals surface area (Å²) in [5.41, 5.74) is 0.704. The number of benzene rings is 1. The molecule has 1 aromatic carbocycles. The molecule has 1 saturated heterocycles. The van der Waals surface area contributed by atoms with Crippen LogP contribution in [0.2, 0.25) is 0 Å². The van der Waals surface area contributed by atoms with E-state index in [-0.39, 0.29) is 11.9 Å². The molecule has 48 heavy (non-hydrogen) atoms. The molecule has 4 heterocycles. The quantitative estimate of drug-likeness (QED) is 0.104. The Bertz CT molecular complexity index is 1600. The zero-order valence-electron chi connectivity index (χ0n) is 27.3. The molecule has 0 amide bonds. The van der Waals surface area contributed by atoms with Crippen LogP contribution in [0.4, 0.5) is 19.0 Å². The lowest BCUT2D eigenvalue weighted by Gasteiger charge is -2.31. The minimum absolute atomic E-state index is 0.0841. The normalized spacial score (nSPS) is 15.4. The van der Waals surface area contributed by atoms with Gasteiger partial charge in [0.1, 0.15) is 23.1 Å². The van der Waals surface area contributed by atoms with Crippen molar-refractivity contribution in [1.29, 1.82) is 0 Å². The highest BCUT2D eigenvalue weighted by Gasteiger charge is 2.48. The van der Waals surface area contributed by atoms with Gasteiger partial charge in [-0.2, -0.15) is 13.2 Å². The monoisotopic (exact) mass is 684 g/mol. The maximum absolute atomic E-state index is 13.3. The molecular weight excluding hydrogens is 641 g/mol. The third-order valence-corrected chi connectivity index (χ3v) is 8.77. The maximum atomic E-state index is 13.3.